The van der Waals surface area contributed by atoms with E-state index >= 15 is 0 Å². The number of nitrogens with one attached hydrogen (secondary N) is 1. The molecular formula is C21H25N3O2. The predicted molar refractivity (Wildman–Crippen MR) is 101 cm³/mol. The molecule has 0 bridgehead atoms. The molecule has 26 heavy (non-hydrogen) atoms. The number of nitrogens with zero attached hydrogens (tertiary/aromatic N) is 2. The van der Waals surface area contributed by atoms with Gasteiger partial charge in [-0.25, -0.2) is 0 Å². The van der Waals surface area contributed by atoms with Crippen LogP contribution in [0, 0.1) is 6.92 Å². The number of piperidine rings is 1. The van der Waals surface area contributed by atoms with Crippen LogP contribution in [0.2, 0.25) is 0 Å². The van der Waals surface area contributed by atoms with E-state index in [-0.39, 0.29) is 17.9 Å². The lowest BCUT2D eigenvalue weighted by molar-refractivity contribution is -0.132. The van der Waals surface area contributed by atoms with Gasteiger partial charge in [0.15, 0.2) is 0 Å². The van der Waals surface area contributed by atoms with Crippen molar-refractivity contribution >= 4 is 11.8 Å². The third-order valence-corrected chi connectivity index (χ3v) is 4.98. The first-order valence-corrected chi connectivity index (χ1v) is 9.16. The van der Waals surface area contributed by atoms with Crippen LogP contribution in [-0.2, 0) is 11.2 Å². The van der Waals surface area contributed by atoms with Crippen molar-refractivity contribution in [2.24, 2.45) is 0 Å². The van der Waals surface area contributed by atoms with Gasteiger partial charge in [0.05, 0.1) is 5.56 Å². The third-order valence-electron chi connectivity index (χ3n) is 4.98. The molecule has 1 saturated heterocycles. The Bertz CT molecular complexity index is 753. The summed E-state index contributed by atoms with van der Waals surface area (Å²) in [5, 5.41) is 3.04. The SMILES string of the molecule is Cc1ccccc1CCC(=O)N1CCC(NC(=O)c2cccnc2)CC1. The van der Waals surface area contributed by atoms with Crippen molar-refractivity contribution < 1.29 is 9.59 Å². The van der Waals surface area contributed by atoms with Gasteiger partial charge in [-0.1, -0.05) is 24.3 Å². The summed E-state index contributed by atoms with van der Waals surface area (Å²) >= 11 is 0. The van der Waals surface area contributed by atoms with Gasteiger partial charge in [-0.2, -0.15) is 0 Å². The van der Waals surface area contributed by atoms with Crippen molar-refractivity contribution in [2.75, 3.05) is 13.1 Å². The number of aryl methyl sites for hydroxylation is 2. The van der Waals surface area contributed by atoms with Crippen molar-refractivity contribution in [1.82, 2.24) is 15.2 Å². The zero-order valence-electron chi connectivity index (χ0n) is 15.1. The molecule has 0 atom stereocenters. The largest absolute Gasteiger partial charge is 0.349 e. The maximum absolute atomic E-state index is 12.5. The second kappa shape index (κ2) is 8.61. The van der Waals surface area contributed by atoms with Crippen LogP contribution >= 0.6 is 0 Å². The van der Waals surface area contributed by atoms with Crippen molar-refractivity contribution in [2.45, 2.75) is 38.6 Å². The molecule has 2 heterocycles. The van der Waals surface area contributed by atoms with Crippen LogP contribution in [-0.4, -0.2) is 40.8 Å². The van der Waals surface area contributed by atoms with Gasteiger partial charge >= 0.3 is 0 Å². The van der Waals surface area contributed by atoms with E-state index < -0.39 is 0 Å². The minimum absolute atomic E-state index is 0.0950. The van der Waals surface area contributed by atoms with E-state index in [2.05, 4.69) is 29.4 Å². The zero-order chi connectivity index (χ0) is 18.4. The highest BCUT2D eigenvalue weighted by Gasteiger charge is 2.24. The van der Waals surface area contributed by atoms with Gasteiger partial charge in [-0.3, -0.25) is 14.6 Å². The fourth-order valence-electron chi connectivity index (χ4n) is 3.33. The molecule has 0 spiro atoms. The van der Waals surface area contributed by atoms with Gasteiger partial charge in [0.25, 0.3) is 5.91 Å². The van der Waals surface area contributed by atoms with Gasteiger partial charge in [-0.05, 0) is 49.4 Å². The zero-order valence-corrected chi connectivity index (χ0v) is 15.1. The molecular weight excluding hydrogens is 326 g/mol. The fraction of sp³-hybridized carbons (Fsp3) is 0.381. The molecule has 2 amide bonds. The Hall–Kier alpha value is -2.69. The quantitative estimate of drug-likeness (QED) is 0.901. The smallest absolute Gasteiger partial charge is 0.253 e. The summed E-state index contributed by atoms with van der Waals surface area (Å²) in [6, 6.07) is 11.8. The number of likely N-dealkylation sites (tertiary alicyclic amines) is 1. The number of carbonyl (C=O) groups is 2. The molecule has 5 heteroatoms. The molecule has 136 valence electrons. The van der Waals surface area contributed by atoms with Gasteiger partial charge in [0.1, 0.15) is 0 Å². The fourth-order valence-corrected chi connectivity index (χ4v) is 3.33. The van der Waals surface area contributed by atoms with Crippen LogP contribution in [0.15, 0.2) is 48.8 Å². The minimum atomic E-state index is -0.0950. The molecule has 1 aromatic carbocycles. The highest BCUT2D eigenvalue weighted by atomic mass is 16.2. The van der Waals surface area contributed by atoms with Crippen LogP contribution in [0.4, 0.5) is 0 Å². The summed E-state index contributed by atoms with van der Waals surface area (Å²) in [5.74, 6) is 0.104. The number of aromatic nitrogens is 1. The molecule has 1 aliphatic heterocycles. The first-order chi connectivity index (χ1) is 12.6. The minimum Gasteiger partial charge on any atom is -0.349 e. The average Bonchev–Trinajstić information content (AvgIpc) is 2.68. The van der Waals surface area contributed by atoms with Crippen LogP contribution in [0.3, 0.4) is 0 Å². The molecule has 1 N–H and O–H groups in total. The summed E-state index contributed by atoms with van der Waals surface area (Å²) in [7, 11) is 0. The monoisotopic (exact) mass is 351 g/mol. The van der Waals surface area contributed by atoms with Crippen molar-refractivity contribution in [3.63, 3.8) is 0 Å². The standard InChI is InChI=1S/C21H25N3O2/c1-16-5-2-3-6-17(16)8-9-20(25)24-13-10-19(11-14-24)23-21(26)18-7-4-12-22-15-18/h2-7,12,15,19H,8-11,13-14H2,1H3,(H,23,26). The Morgan fingerprint density at radius 2 is 1.92 bits per heavy atom. The molecule has 1 fully saturated rings. The lowest BCUT2D eigenvalue weighted by Crippen LogP contribution is -2.46. The van der Waals surface area contributed by atoms with E-state index in [1.165, 1.54) is 11.1 Å². The second-order valence-electron chi connectivity index (χ2n) is 6.80. The molecule has 3 rings (SSSR count). The van der Waals surface area contributed by atoms with Gasteiger partial charge in [0.2, 0.25) is 5.91 Å². The summed E-state index contributed by atoms with van der Waals surface area (Å²) in [6.45, 7) is 3.48. The van der Waals surface area contributed by atoms with Gasteiger partial charge in [-0.15, -0.1) is 0 Å². The Morgan fingerprint density at radius 3 is 2.62 bits per heavy atom. The lowest BCUT2D eigenvalue weighted by atomic mass is 10.0. The third kappa shape index (κ3) is 4.69. The molecule has 0 unspecified atom stereocenters. The van der Waals surface area contributed by atoms with Crippen LogP contribution in [0.1, 0.15) is 40.7 Å². The first kappa shape index (κ1) is 18.1. The molecule has 1 aromatic heterocycles. The van der Waals surface area contributed by atoms with Gasteiger partial charge in [0, 0.05) is 37.9 Å². The van der Waals surface area contributed by atoms with Crippen LogP contribution in [0.25, 0.3) is 0 Å². The molecule has 2 aromatic rings. The summed E-state index contributed by atoms with van der Waals surface area (Å²) in [5.41, 5.74) is 3.04. The second-order valence-corrected chi connectivity index (χ2v) is 6.80. The molecule has 5 nitrogen and oxygen atoms in total. The van der Waals surface area contributed by atoms with Gasteiger partial charge < -0.3 is 10.2 Å². The molecule has 0 radical (unpaired) electrons. The summed E-state index contributed by atoms with van der Waals surface area (Å²) < 4.78 is 0. The van der Waals surface area contributed by atoms with E-state index in [4.69, 9.17) is 0 Å². The van der Waals surface area contributed by atoms with Crippen molar-refractivity contribution in [3.8, 4) is 0 Å². The normalized spacial score (nSPS) is 14.9. The number of rotatable bonds is 5. The highest BCUT2D eigenvalue weighted by Crippen LogP contribution is 2.15. The maximum atomic E-state index is 12.5. The first-order valence-electron chi connectivity index (χ1n) is 9.16. The lowest BCUT2D eigenvalue weighted by Gasteiger charge is -2.32. The number of hydrogen-bond acceptors (Lipinski definition) is 3. The maximum Gasteiger partial charge on any atom is 0.253 e. The molecule has 0 aliphatic carbocycles. The average molecular weight is 351 g/mol. The number of amides is 2. The van der Waals surface area contributed by atoms with E-state index in [1.807, 2.05) is 17.0 Å². The highest BCUT2D eigenvalue weighted by molar-refractivity contribution is 5.94. The topological polar surface area (TPSA) is 62.3 Å². The van der Waals surface area contributed by atoms with E-state index in [1.54, 1.807) is 24.5 Å². The number of hydrogen-bond donors (Lipinski definition) is 1. The Balaban J connectivity index is 1.44. The van der Waals surface area contributed by atoms with E-state index in [0.717, 1.165) is 19.3 Å². The molecule has 1 aliphatic rings. The van der Waals surface area contributed by atoms with E-state index in [0.29, 0.717) is 25.1 Å². The Morgan fingerprint density at radius 1 is 1.15 bits per heavy atom. The van der Waals surface area contributed by atoms with Crippen LogP contribution < -0.4 is 5.32 Å². The predicted octanol–water partition coefficient (Wildman–Crippen LogP) is 2.74. The number of carbonyl (C=O) groups excluding carboxylic acids is 2. The Labute approximate surface area is 154 Å². The molecule has 0 saturated carbocycles. The summed E-state index contributed by atoms with van der Waals surface area (Å²) in [4.78, 5) is 30.5. The van der Waals surface area contributed by atoms with Crippen molar-refractivity contribution in [3.05, 3.63) is 65.5 Å². The Kier molecular flexibility index (Phi) is 6.00. The number of pyridine rings is 1. The number of benzene rings is 1. The van der Waals surface area contributed by atoms with Crippen molar-refractivity contribution in [1.29, 1.82) is 0 Å². The van der Waals surface area contributed by atoms with Crippen LogP contribution in [0.5, 0.6) is 0 Å². The van der Waals surface area contributed by atoms with E-state index in [9.17, 15) is 9.59 Å². The summed E-state index contributed by atoms with van der Waals surface area (Å²) in [6.07, 6.45) is 6.13.